The number of hydrogen-bond acceptors (Lipinski definition) is 2. The molecule has 0 aromatic heterocycles. The number of halogens is 1. The quantitative estimate of drug-likeness (QED) is 0.832. The summed E-state index contributed by atoms with van der Waals surface area (Å²) in [5.41, 5.74) is 3.71. The van der Waals surface area contributed by atoms with Gasteiger partial charge in [0.2, 0.25) is 0 Å². The van der Waals surface area contributed by atoms with Gasteiger partial charge in [0.05, 0.1) is 0 Å². The van der Waals surface area contributed by atoms with Crippen molar-refractivity contribution in [3.05, 3.63) is 40.9 Å². The summed E-state index contributed by atoms with van der Waals surface area (Å²) >= 11 is 5.56. The Morgan fingerprint density at radius 2 is 2.20 bits per heavy atom. The first-order valence-electron chi connectivity index (χ1n) is 4.89. The molecule has 1 rings (SSSR count). The number of hydrogen-bond donors (Lipinski definition) is 1. The van der Waals surface area contributed by atoms with Crippen LogP contribution in [0.2, 0.25) is 0 Å². The summed E-state index contributed by atoms with van der Waals surface area (Å²) in [4.78, 5) is 0. The number of rotatable bonds is 5. The van der Waals surface area contributed by atoms with Crippen LogP contribution in [0.3, 0.4) is 0 Å². The number of nitrogens with one attached hydrogen (secondary N) is 1. The van der Waals surface area contributed by atoms with Gasteiger partial charge in [-0.15, -0.1) is 0 Å². The van der Waals surface area contributed by atoms with Gasteiger partial charge < -0.3 is 10.1 Å². The normalized spacial score (nSPS) is 11.5. The molecule has 1 N–H and O–H groups in total. The lowest BCUT2D eigenvalue weighted by Crippen LogP contribution is -2.08. The van der Waals surface area contributed by atoms with Crippen LogP contribution in [0.15, 0.2) is 35.4 Å². The van der Waals surface area contributed by atoms with E-state index >= 15 is 0 Å². The largest absolute Gasteiger partial charge is 0.489 e. The molecular weight excluding hydrogens is 210 g/mol. The molecule has 0 aliphatic heterocycles. The third kappa shape index (κ3) is 3.94. The fourth-order valence-electron chi connectivity index (χ4n) is 1.20. The second-order valence-electron chi connectivity index (χ2n) is 3.38. The van der Waals surface area contributed by atoms with Gasteiger partial charge in [0.1, 0.15) is 12.4 Å². The summed E-state index contributed by atoms with van der Waals surface area (Å²) in [5, 5.41) is 3.11. The van der Waals surface area contributed by atoms with Crippen LogP contribution in [-0.2, 0) is 6.54 Å². The Bertz CT molecular complexity index is 336. The maximum atomic E-state index is 5.65. The second kappa shape index (κ2) is 6.49. The maximum Gasteiger partial charge on any atom is 0.124 e. The van der Waals surface area contributed by atoms with Gasteiger partial charge in [-0.25, -0.2) is 0 Å². The van der Waals surface area contributed by atoms with Crippen LogP contribution < -0.4 is 10.1 Å². The Balaban J connectivity index is 2.66. The zero-order valence-corrected chi connectivity index (χ0v) is 9.84. The van der Waals surface area contributed by atoms with Gasteiger partial charge >= 0.3 is 0 Å². The van der Waals surface area contributed by atoms with E-state index in [-0.39, 0.29) is 0 Å². The van der Waals surface area contributed by atoms with Gasteiger partial charge in [-0.05, 0) is 25.6 Å². The minimum atomic E-state index is 0.532. The first-order valence-corrected chi connectivity index (χ1v) is 5.32. The molecule has 0 atom stereocenters. The summed E-state index contributed by atoms with van der Waals surface area (Å²) in [7, 11) is 1.92. The van der Waals surface area contributed by atoms with Crippen molar-refractivity contribution in [3.63, 3.8) is 0 Å². The van der Waals surface area contributed by atoms with Crippen LogP contribution in [0.25, 0.3) is 0 Å². The highest BCUT2D eigenvalue weighted by Crippen LogP contribution is 2.18. The maximum absolute atomic E-state index is 5.65. The molecule has 1 aromatic carbocycles. The van der Waals surface area contributed by atoms with Gasteiger partial charge in [-0.3, -0.25) is 0 Å². The van der Waals surface area contributed by atoms with E-state index in [1.165, 1.54) is 0 Å². The highest BCUT2D eigenvalue weighted by molar-refractivity contribution is 6.25. The van der Waals surface area contributed by atoms with Crippen molar-refractivity contribution in [1.29, 1.82) is 0 Å². The van der Waals surface area contributed by atoms with Gasteiger partial charge in [0.25, 0.3) is 0 Å². The zero-order chi connectivity index (χ0) is 11.1. The second-order valence-corrected chi connectivity index (χ2v) is 3.60. The van der Waals surface area contributed by atoms with E-state index < -0.39 is 0 Å². The molecule has 0 bridgehead atoms. The van der Waals surface area contributed by atoms with E-state index in [9.17, 15) is 0 Å². The van der Waals surface area contributed by atoms with Gasteiger partial charge in [-0.2, -0.15) is 0 Å². The molecule has 3 heteroatoms. The lowest BCUT2D eigenvalue weighted by molar-refractivity contribution is 0.348. The molecule has 0 spiro atoms. The molecule has 0 unspecified atom stereocenters. The van der Waals surface area contributed by atoms with Gasteiger partial charge in [0.15, 0.2) is 0 Å². The van der Waals surface area contributed by atoms with Crippen LogP contribution in [0.4, 0.5) is 0 Å². The van der Waals surface area contributed by atoms with Crippen molar-refractivity contribution in [1.82, 2.24) is 5.32 Å². The summed E-state index contributed by atoms with van der Waals surface area (Å²) < 4.78 is 5.65. The first kappa shape index (κ1) is 12.1. The van der Waals surface area contributed by atoms with Crippen molar-refractivity contribution in [2.75, 3.05) is 13.7 Å². The van der Waals surface area contributed by atoms with Crippen LogP contribution in [0.5, 0.6) is 5.75 Å². The minimum absolute atomic E-state index is 0.532. The van der Waals surface area contributed by atoms with Crippen LogP contribution in [0, 0.1) is 0 Å². The molecule has 0 heterocycles. The minimum Gasteiger partial charge on any atom is -0.489 e. The first-order chi connectivity index (χ1) is 7.27. The van der Waals surface area contributed by atoms with Crippen molar-refractivity contribution >= 4 is 11.6 Å². The highest BCUT2D eigenvalue weighted by atomic mass is 35.5. The van der Waals surface area contributed by atoms with Crippen molar-refractivity contribution < 1.29 is 4.74 Å². The summed E-state index contributed by atoms with van der Waals surface area (Å²) in [5.74, 6) is 0.907. The SMILES string of the molecule is CNCc1ccccc1OC/C(C)=C/Cl. The van der Waals surface area contributed by atoms with Crippen LogP contribution >= 0.6 is 11.6 Å². The number of para-hydroxylation sites is 1. The number of ether oxygens (including phenoxy) is 1. The van der Waals surface area contributed by atoms with E-state index in [0.717, 1.165) is 23.4 Å². The molecule has 0 saturated carbocycles. The molecule has 82 valence electrons. The summed E-state index contributed by atoms with van der Waals surface area (Å²) in [6.07, 6.45) is 0. The topological polar surface area (TPSA) is 21.3 Å². The zero-order valence-electron chi connectivity index (χ0n) is 9.09. The fraction of sp³-hybridized carbons (Fsp3) is 0.333. The molecule has 0 saturated heterocycles. The molecule has 15 heavy (non-hydrogen) atoms. The predicted octanol–water partition coefficient (Wildman–Crippen LogP) is 2.93. The average molecular weight is 226 g/mol. The van der Waals surface area contributed by atoms with E-state index in [0.29, 0.717) is 6.61 Å². The standard InChI is InChI=1S/C12H16ClNO/c1-10(7-13)9-15-12-6-4-3-5-11(12)8-14-2/h3-7,14H,8-9H2,1-2H3/b10-7+. The van der Waals surface area contributed by atoms with E-state index in [1.807, 2.05) is 38.2 Å². The van der Waals surface area contributed by atoms with E-state index in [1.54, 1.807) is 5.54 Å². The predicted molar refractivity (Wildman–Crippen MR) is 64.3 cm³/mol. The monoisotopic (exact) mass is 225 g/mol. The van der Waals surface area contributed by atoms with Crippen molar-refractivity contribution in [2.24, 2.45) is 0 Å². The summed E-state index contributed by atoms with van der Waals surface area (Å²) in [6.45, 7) is 3.28. The summed E-state index contributed by atoms with van der Waals surface area (Å²) in [6, 6.07) is 7.98. The number of benzene rings is 1. The third-order valence-electron chi connectivity index (χ3n) is 1.98. The van der Waals surface area contributed by atoms with Gasteiger partial charge in [0, 0.05) is 17.6 Å². The molecule has 0 aliphatic carbocycles. The molecule has 0 fully saturated rings. The Morgan fingerprint density at radius 3 is 2.87 bits per heavy atom. The van der Waals surface area contributed by atoms with E-state index in [2.05, 4.69) is 5.32 Å². The van der Waals surface area contributed by atoms with E-state index in [4.69, 9.17) is 16.3 Å². The van der Waals surface area contributed by atoms with Crippen molar-refractivity contribution in [3.8, 4) is 5.75 Å². The molecule has 1 aromatic rings. The van der Waals surface area contributed by atoms with Crippen LogP contribution in [-0.4, -0.2) is 13.7 Å². The van der Waals surface area contributed by atoms with Crippen LogP contribution in [0.1, 0.15) is 12.5 Å². The smallest absolute Gasteiger partial charge is 0.124 e. The Labute approximate surface area is 95.9 Å². The Morgan fingerprint density at radius 1 is 1.47 bits per heavy atom. The van der Waals surface area contributed by atoms with Gasteiger partial charge in [-0.1, -0.05) is 29.8 Å². The molecule has 0 amide bonds. The Kier molecular flexibility index (Phi) is 5.22. The molecule has 2 nitrogen and oxygen atoms in total. The average Bonchev–Trinajstić information content (AvgIpc) is 2.28. The van der Waals surface area contributed by atoms with Crippen molar-refractivity contribution in [2.45, 2.75) is 13.5 Å². The fourth-order valence-corrected chi connectivity index (χ4v) is 1.27. The third-order valence-corrected chi connectivity index (χ3v) is 2.35. The molecular formula is C12H16ClNO. The molecule has 0 aliphatic rings. The lowest BCUT2D eigenvalue weighted by Gasteiger charge is -2.10. The molecule has 0 radical (unpaired) electrons. The lowest BCUT2D eigenvalue weighted by atomic mass is 10.2. The Hall–Kier alpha value is -0.990. The highest BCUT2D eigenvalue weighted by Gasteiger charge is 2.01.